The summed E-state index contributed by atoms with van der Waals surface area (Å²) < 4.78 is 0. The van der Waals surface area contributed by atoms with Crippen LogP contribution < -0.4 is 10.7 Å². The molecule has 2 aromatic rings. The van der Waals surface area contributed by atoms with E-state index >= 15 is 0 Å². The van der Waals surface area contributed by atoms with Gasteiger partial charge in [-0.1, -0.05) is 12.1 Å². The summed E-state index contributed by atoms with van der Waals surface area (Å²) in [4.78, 5) is 14.6. The van der Waals surface area contributed by atoms with Crippen LogP contribution in [-0.4, -0.2) is 21.2 Å². The smallest absolute Gasteiger partial charge is 0.292 e. The topological polar surface area (TPSA) is 92.5 Å². The first-order valence-corrected chi connectivity index (χ1v) is 7.10. The van der Waals surface area contributed by atoms with Gasteiger partial charge in [0.25, 0.3) is 5.69 Å². The van der Waals surface area contributed by atoms with Crippen LogP contribution in [0.1, 0.15) is 10.7 Å². The van der Waals surface area contributed by atoms with E-state index in [1.807, 2.05) is 12.3 Å². The molecular weight excluding hydrogens is 310 g/mol. The summed E-state index contributed by atoms with van der Waals surface area (Å²) in [6, 6.07) is 6.23. The minimum Gasteiger partial charge on any atom is -0.326 e. The third-order valence-corrected chi connectivity index (χ3v) is 3.33. The molecule has 2 rings (SSSR count). The molecule has 1 aromatic heterocycles. The van der Waals surface area contributed by atoms with Crippen molar-refractivity contribution in [2.75, 3.05) is 5.32 Å². The van der Waals surface area contributed by atoms with Gasteiger partial charge in [0.05, 0.1) is 21.8 Å². The van der Waals surface area contributed by atoms with Crippen LogP contribution in [0.5, 0.6) is 0 Å². The van der Waals surface area contributed by atoms with Gasteiger partial charge < -0.3 is 5.32 Å². The highest BCUT2D eigenvalue weighted by atomic mass is 32.1. The predicted octanol–water partition coefficient (Wildman–Crippen LogP) is 2.68. The quantitative estimate of drug-likeness (QED) is 0.389. The van der Waals surface area contributed by atoms with Gasteiger partial charge in [-0.2, -0.15) is 5.10 Å². The second-order valence-corrected chi connectivity index (χ2v) is 5.36. The summed E-state index contributed by atoms with van der Waals surface area (Å²) in [5, 5.41) is 20.5. The van der Waals surface area contributed by atoms with Crippen molar-refractivity contribution in [2.45, 2.75) is 6.92 Å². The van der Waals surface area contributed by atoms with Gasteiger partial charge in [-0.3, -0.25) is 15.5 Å². The summed E-state index contributed by atoms with van der Waals surface area (Å²) in [7, 11) is 0. The number of rotatable bonds is 4. The molecule has 21 heavy (non-hydrogen) atoms. The predicted molar refractivity (Wildman–Crippen MR) is 86.9 cm³/mol. The Kier molecular flexibility index (Phi) is 4.90. The van der Waals surface area contributed by atoms with E-state index in [-0.39, 0.29) is 10.8 Å². The molecule has 0 unspecified atom stereocenters. The van der Waals surface area contributed by atoms with Crippen LogP contribution in [0.4, 0.5) is 11.4 Å². The van der Waals surface area contributed by atoms with Crippen molar-refractivity contribution in [2.24, 2.45) is 5.10 Å². The maximum Gasteiger partial charge on any atom is 0.292 e. The van der Waals surface area contributed by atoms with Crippen molar-refractivity contribution in [3.05, 3.63) is 50.5 Å². The fourth-order valence-electron chi connectivity index (χ4n) is 1.49. The molecule has 0 saturated carbocycles. The third kappa shape index (κ3) is 4.29. The second kappa shape index (κ2) is 6.86. The lowest BCUT2D eigenvalue weighted by molar-refractivity contribution is -0.383. The molecule has 1 aromatic carbocycles. The number of benzene rings is 1. The van der Waals surface area contributed by atoms with Crippen molar-refractivity contribution >= 4 is 46.3 Å². The first-order valence-electron chi connectivity index (χ1n) is 5.82. The SMILES string of the molecule is Cc1nc(/C=N\NC(=S)Nc2ccccc2[N+](=O)[O-])cs1. The Bertz CT molecular complexity index is 698. The highest BCUT2D eigenvalue weighted by Crippen LogP contribution is 2.22. The lowest BCUT2D eigenvalue weighted by Crippen LogP contribution is -2.24. The van der Waals surface area contributed by atoms with Crippen molar-refractivity contribution in [3.63, 3.8) is 0 Å². The molecular formula is C12H11N5O2S2. The van der Waals surface area contributed by atoms with Crippen molar-refractivity contribution in [1.29, 1.82) is 0 Å². The molecule has 108 valence electrons. The van der Waals surface area contributed by atoms with E-state index in [1.54, 1.807) is 18.2 Å². The van der Waals surface area contributed by atoms with Gasteiger partial charge in [-0.05, 0) is 25.2 Å². The molecule has 0 atom stereocenters. The fraction of sp³-hybridized carbons (Fsp3) is 0.0833. The molecule has 0 amide bonds. The van der Waals surface area contributed by atoms with Gasteiger partial charge in [-0.15, -0.1) is 11.3 Å². The molecule has 0 aliphatic carbocycles. The Hall–Kier alpha value is -2.39. The number of hydrogen-bond donors (Lipinski definition) is 2. The molecule has 9 heteroatoms. The average Bonchev–Trinajstić information content (AvgIpc) is 2.85. The van der Waals surface area contributed by atoms with Gasteiger partial charge in [0, 0.05) is 11.4 Å². The molecule has 0 saturated heterocycles. The van der Waals surface area contributed by atoms with E-state index in [1.165, 1.54) is 23.6 Å². The molecule has 0 aliphatic rings. The van der Waals surface area contributed by atoms with E-state index in [9.17, 15) is 10.1 Å². The van der Waals surface area contributed by atoms with Gasteiger partial charge in [0.1, 0.15) is 5.69 Å². The van der Waals surface area contributed by atoms with Crippen LogP contribution in [0, 0.1) is 17.0 Å². The maximum atomic E-state index is 10.9. The Labute approximate surface area is 129 Å². The monoisotopic (exact) mass is 321 g/mol. The number of thiocarbonyl (C=S) groups is 1. The van der Waals surface area contributed by atoms with Gasteiger partial charge >= 0.3 is 0 Å². The number of nitrogens with one attached hydrogen (secondary N) is 2. The minimum atomic E-state index is -0.480. The number of aromatic nitrogens is 1. The Morgan fingerprint density at radius 2 is 2.29 bits per heavy atom. The molecule has 1 heterocycles. The largest absolute Gasteiger partial charge is 0.326 e. The number of nitro benzene ring substituents is 1. The number of nitrogens with zero attached hydrogens (tertiary/aromatic N) is 3. The van der Waals surface area contributed by atoms with Crippen LogP contribution in [-0.2, 0) is 0 Å². The summed E-state index contributed by atoms with van der Waals surface area (Å²) >= 11 is 6.54. The second-order valence-electron chi connectivity index (χ2n) is 3.89. The van der Waals surface area contributed by atoms with Crippen LogP contribution in [0.15, 0.2) is 34.7 Å². The number of nitro groups is 1. The third-order valence-electron chi connectivity index (χ3n) is 2.35. The zero-order chi connectivity index (χ0) is 15.2. The molecule has 0 fully saturated rings. The van der Waals surface area contributed by atoms with Crippen LogP contribution in [0.3, 0.4) is 0 Å². The van der Waals surface area contributed by atoms with Crippen molar-refractivity contribution in [3.8, 4) is 0 Å². The highest BCUT2D eigenvalue weighted by molar-refractivity contribution is 7.80. The highest BCUT2D eigenvalue weighted by Gasteiger charge is 2.12. The zero-order valence-corrected chi connectivity index (χ0v) is 12.6. The van der Waals surface area contributed by atoms with Crippen molar-refractivity contribution < 1.29 is 4.92 Å². The van der Waals surface area contributed by atoms with E-state index < -0.39 is 4.92 Å². The number of anilines is 1. The van der Waals surface area contributed by atoms with Gasteiger partial charge in [-0.25, -0.2) is 4.98 Å². The number of hydrogen-bond acceptors (Lipinski definition) is 6. The van der Waals surface area contributed by atoms with Gasteiger partial charge in [0.2, 0.25) is 0 Å². The van der Waals surface area contributed by atoms with Crippen LogP contribution in [0.25, 0.3) is 0 Å². The lowest BCUT2D eigenvalue weighted by Gasteiger charge is -2.06. The number of aryl methyl sites for hydroxylation is 1. The first kappa shape index (κ1) is 15.0. The molecule has 7 nitrogen and oxygen atoms in total. The number of thiazole rings is 1. The van der Waals surface area contributed by atoms with E-state index in [0.29, 0.717) is 5.69 Å². The van der Waals surface area contributed by atoms with Crippen LogP contribution >= 0.6 is 23.6 Å². The first-order chi connectivity index (χ1) is 10.1. The standard InChI is InChI=1S/C12H11N5O2S2/c1-8-14-9(7-21-8)6-13-16-12(20)15-10-4-2-3-5-11(10)17(18)19/h2-7H,1H3,(H2,15,16,20)/b13-6-. The summed E-state index contributed by atoms with van der Waals surface area (Å²) in [5.41, 5.74) is 3.56. The fourth-order valence-corrected chi connectivity index (χ4v) is 2.21. The molecule has 2 N–H and O–H groups in total. The maximum absolute atomic E-state index is 10.9. The Morgan fingerprint density at radius 3 is 2.95 bits per heavy atom. The normalized spacial score (nSPS) is 10.5. The number of hydrazone groups is 1. The van der Waals surface area contributed by atoms with Crippen LogP contribution in [0.2, 0.25) is 0 Å². The molecule has 0 aliphatic heterocycles. The van der Waals surface area contributed by atoms with E-state index in [4.69, 9.17) is 12.2 Å². The molecule has 0 spiro atoms. The zero-order valence-electron chi connectivity index (χ0n) is 10.9. The minimum absolute atomic E-state index is 0.0549. The lowest BCUT2D eigenvalue weighted by atomic mass is 10.3. The van der Waals surface area contributed by atoms with Crippen molar-refractivity contribution in [1.82, 2.24) is 10.4 Å². The summed E-state index contributed by atoms with van der Waals surface area (Å²) in [5.74, 6) is 0. The van der Waals surface area contributed by atoms with Gasteiger partial charge in [0.15, 0.2) is 5.11 Å². The molecule has 0 radical (unpaired) electrons. The average molecular weight is 321 g/mol. The Balaban J connectivity index is 1.96. The summed E-state index contributed by atoms with van der Waals surface area (Å²) in [6.07, 6.45) is 1.52. The summed E-state index contributed by atoms with van der Waals surface area (Å²) in [6.45, 7) is 1.90. The van der Waals surface area contributed by atoms with E-state index in [0.717, 1.165) is 10.7 Å². The number of para-hydroxylation sites is 2. The Morgan fingerprint density at radius 1 is 1.52 bits per heavy atom. The molecule has 0 bridgehead atoms. The van der Waals surface area contributed by atoms with E-state index in [2.05, 4.69) is 20.8 Å².